The summed E-state index contributed by atoms with van der Waals surface area (Å²) in [6.07, 6.45) is 6.50. The summed E-state index contributed by atoms with van der Waals surface area (Å²) < 4.78 is 18.4. The number of aliphatic hydroxyl groups is 1. The van der Waals surface area contributed by atoms with Gasteiger partial charge >= 0.3 is 6.01 Å². The number of fused-ring (bicyclic) bond motifs is 3. The molecule has 0 saturated heterocycles. The van der Waals surface area contributed by atoms with E-state index >= 15 is 0 Å². The zero-order valence-electron chi connectivity index (χ0n) is 15.5. The summed E-state index contributed by atoms with van der Waals surface area (Å²) >= 11 is 5.82. The molecule has 0 bridgehead atoms. The summed E-state index contributed by atoms with van der Waals surface area (Å²) in [5.74, 6) is 1.75. The summed E-state index contributed by atoms with van der Waals surface area (Å²) in [5.41, 5.74) is 1.42. The molecule has 0 spiro atoms. The van der Waals surface area contributed by atoms with E-state index in [0.29, 0.717) is 22.3 Å². The van der Waals surface area contributed by atoms with Gasteiger partial charge in [0.25, 0.3) is 0 Å². The average molecular weight is 431 g/mol. The molecule has 5 rings (SSSR count). The van der Waals surface area contributed by atoms with E-state index in [1.54, 1.807) is 0 Å². The third kappa shape index (κ3) is 3.35. The number of nitrogens with zero attached hydrogens (tertiary/aromatic N) is 3. The average Bonchev–Trinajstić information content (AvgIpc) is 3.08. The molecule has 0 amide bonds. The first-order valence-electron chi connectivity index (χ1n) is 9.46. The van der Waals surface area contributed by atoms with Gasteiger partial charge in [0, 0.05) is 17.2 Å². The Hall–Kier alpha value is -2.29. The summed E-state index contributed by atoms with van der Waals surface area (Å²) in [7, 11) is -1.09. The van der Waals surface area contributed by atoms with Crippen molar-refractivity contribution < 1.29 is 14.1 Å². The second-order valence-corrected chi connectivity index (χ2v) is 9.39. The third-order valence-electron chi connectivity index (χ3n) is 5.58. The number of hydrogen-bond donors (Lipinski definition) is 2. The number of aliphatic hydroxyl groups excluding tert-OH is 1. The fraction of sp³-hybridized carbons (Fsp3) is 0.350. The lowest BCUT2D eigenvalue weighted by molar-refractivity contribution is 0.143. The minimum atomic E-state index is -1.09. The Kier molecular flexibility index (Phi) is 4.64. The Morgan fingerprint density at radius 2 is 2.07 bits per heavy atom. The monoisotopic (exact) mass is 430 g/mol. The molecule has 1 atom stereocenters. The van der Waals surface area contributed by atoms with Gasteiger partial charge in [0.1, 0.15) is 11.6 Å². The molecule has 1 aliphatic heterocycles. The van der Waals surface area contributed by atoms with Crippen LogP contribution in [0.5, 0.6) is 11.8 Å². The molecule has 3 heterocycles. The number of aromatic nitrogens is 3. The Morgan fingerprint density at radius 3 is 2.76 bits per heavy atom. The zero-order chi connectivity index (χ0) is 20.0. The van der Waals surface area contributed by atoms with Gasteiger partial charge in [0.2, 0.25) is 0 Å². The first-order chi connectivity index (χ1) is 14.1. The molecule has 1 saturated carbocycles. The molecule has 1 aliphatic carbocycles. The van der Waals surface area contributed by atoms with E-state index in [0.717, 1.165) is 47.0 Å². The SMILES string of the molecule is O=S1CCc2c1c(NC1(CO)CCC1)nc1cc(Oc3ncc(Cl)cn3)ccc21. The normalized spacial score (nSPS) is 19.6. The van der Waals surface area contributed by atoms with Crippen LogP contribution in [-0.4, -0.2) is 42.2 Å². The van der Waals surface area contributed by atoms with E-state index in [4.69, 9.17) is 21.3 Å². The Balaban J connectivity index is 1.56. The van der Waals surface area contributed by atoms with Crippen LogP contribution < -0.4 is 10.1 Å². The molecule has 2 N–H and O–H groups in total. The van der Waals surface area contributed by atoms with E-state index < -0.39 is 10.8 Å². The number of nitrogens with one attached hydrogen (secondary N) is 1. The number of halogens is 1. The van der Waals surface area contributed by atoms with E-state index in [9.17, 15) is 9.32 Å². The number of anilines is 1. The summed E-state index contributed by atoms with van der Waals surface area (Å²) in [5, 5.41) is 14.7. The van der Waals surface area contributed by atoms with Crippen LogP contribution >= 0.6 is 11.6 Å². The maximum absolute atomic E-state index is 12.7. The predicted molar refractivity (Wildman–Crippen MR) is 111 cm³/mol. The lowest BCUT2D eigenvalue weighted by Gasteiger charge is -2.41. The number of pyridine rings is 1. The van der Waals surface area contributed by atoms with Crippen molar-refractivity contribution >= 4 is 39.1 Å². The molecule has 150 valence electrons. The lowest BCUT2D eigenvalue weighted by atomic mass is 9.77. The van der Waals surface area contributed by atoms with Crippen LogP contribution in [0.2, 0.25) is 5.02 Å². The highest BCUT2D eigenvalue weighted by Gasteiger charge is 2.38. The van der Waals surface area contributed by atoms with Gasteiger partial charge in [-0.05, 0) is 43.4 Å². The van der Waals surface area contributed by atoms with E-state index in [1.807, 2.05) is 18.2 Å². The maximum Gasteiger partial charge on any atom is 0.321 e. The highest BCUT2D eigenvalue weighted by Crippen LogP contribution is 2.40. The van der Waals surface area contributed by atoms with Gasteiger partial charge in [0.05, 0.1) is 50.8 Å². The molecule has 2 aliphatic rings. The molecule has 29 heavy (non-hydrogen) atoms. The molecule has 7 nitrogen and oxygen atoms in total. The minimum Gasteiger partial charge on any atom is -0.424 e. The van der Waals surface area contributed by atoms with Crippen molar-refractivity contribution in [3.63, 3.8) is 0 Å². The van der Waals surface area contributed by atoms with Crippen LogP contribution in [0.3, 0.4) is 0 Å². The van der Waals surface area contributed by atoms with Crippen molar-refractivity contribution in [2.75, 3.05) is 17.7 Å². The van der Waals surface area contributed by atoms with Gasteiger partial charge in [0.15, 0.2) is 0 Å². The summed E-state index contributed by atoms with van der Waals surface area (Å²) in [4.78, 5) is 13.6. The number of rotatable bonds is 5. The van der Waals surface area contributed by atoms with Crippen molar-refractivity contribution in [1.29, 1.82) is 0 Å². The molecule has 1 fully saturated rings. The molecule has 9 heteroatoms. The number of ether oxygens (including phenoxy) is 1. The van der Waals surface area contributed by atoms with Gasteiger partial charge in [-0.2, -0.15) is 0 Å². The van der Waals surface area contributed by atoms with E-state index in [2.05, 4.69) is 15.3 Å². The number of hydrogen-bond acceptors (Lipinski definition) is 7. The fourth-order valence-electron chi connectivity index (χ4n) is 3.87. The first kappa shape index (κ1) is 18.7. The van der Waals surface area contributed by atoms with Gasteiger partial charge in [-0.1, -0.05) is 11.6 Å². The second-order valence-electron chi connectivity index (χ2n) is 7.45. The summed E-state index contributed by atoms with van der Waals surface area (Å²) in [6.45, 7) is 0.0329. The van der Waals surface area contributed by atoms with Crippen molar-refractivity contribution in [1.82, 2.24) is 15.0 Å². The van der Waals surface area contributed by atoms with E-state index in [1.165, 1.54) is 12.4 Å². The molecule has 3 aromatic rings. The van der Waals surface area contributed by atoms with Gasteiger partial charge in [-0.3, -0.25) is 4.21 Å². The van der Waals surface area contributed by atoms with Gasteiger partial charge in [-0.15, -0.1) is 0 Å². The van der Waals surface area contributed by atoms with Gasteiger partial charge < -0.3 is 15.2 Å². The minimum absolute atomic E-state index is 0.0329. The quantitative estimate of drug-likeness (QED) is 0.639. The number of benzene rings is 1. The third-order valence-corrected chi connectivity index (χ3v) is 7.25. The van der Waals surface area contributed by atoms with Crippen LogP contribution in [0.15, 0.2) is 35.5 Å². The molecular formula is C20H19ClN4O3S. The standard InChI is InChI=1S/C20H19ClN4O3S/c21-12-9-22-19(23-10-12)28-13-2-3-14-15-4-7-29(27)17(15)18(24-16(14)8-13)25-20(11-26)5-1-6-20/h2-3,8-10,26H,1,4-7,11H2,(H,24,25). The first-order valence-corrected chi connectivity index (χ1v) is 11.2. The van der Waals surface area contributed by atoms with Gasteiger partial charge in [-0.25, -0.2) is 15.0 Å². The molecular weight excluding hydrogens is 412 g/mol. The maximum atomic E-state index is 12.7. The highest BCUT2D eigenvalue weighted by atomic mass is 35.5. The van der Waals surface area contributed by atoms with Crippen LogP contribution in [-0.2, 0) is 17.2 Å². The fourth-order valence-corrected chi connectivity index (χ4v) is 5.36. The highest BCUT2D eigenvalue weighted by molar-refractivity contribution is 7.85. The van der Waals surface area contributed by atoms with Crippen LogP contribution in [0.25, 0.3) is 10.9 Å². The molecule has 2 aromatic heterocycles. The predicted octanol–water partition coefficient (Wildman–Crippen LogP) is 3.46. The van der Waals surface area contributed by atoms with Crippen LogP contribution in [0.4, 0.5) is 5.82 Å². The van der Waals surface area contributed by atoms with Crippen LogP contribution in [0.1, 0.15) is 24.8 Å². The molecule has 0 radical (unpaired) electrons. The topological polar surface area (TPSA) is 97.2 Å². The van der Waals surface area contributed by atoms with E-state index in [-0.39, 0.29) is 18.2 Å². The van der Waals surface area contributed by atoms with Crippen LogP contribution in [0, 0.1) is 0 Å². The van der Waals surface area contributed by atoms with Crippen molar-refractivity contribution in [3.8, 4) is 11.8 Å². The Labute approximate surface area is 175 Å². The Bertz CT molecular complexity index is 1110. The summed E-state index contributed by atoms with van der Waals surface area (Å²) in [6, 6.07) is 5.79. The van der Waals surface area contributed by atoms with Crippen molar-refractivity contribution in [2.45, 2.75) is 36.1 Å². The largest absolute Gasteiger partial charge is 0.424 e. The zero-order valence-corrected chi connectivity index (χ0v) is 17.1. The number of aryl methyl sites for hydroxylation is 1. The molecule has 1 aromatic carbocycles. The van der Waals surface area contributed by atoms with Crippen molar-refractivity contribution in [3.05, 3.63) is 41.2 Å². The molecule has 1 unspecified atom stereocenters. The van der Waals surface area contributed by atoms with Crippen molar-refractivity contribution in [2.24, 2.45) is 0 Å². The lowest BCUT2D eigenvalue weighted by Crippen LogP contribution is -2.48. The smallest absolute Gasteiger partial charge is 0.321 e. The second kappa shape index (κ2) is 7.19. The Morgan fingerprint density at radius 1 is 1.28 bits per heavy atom.